The third-order valence-electron chi connectivity index (χ3n) is 3.30. The lowest BCUT2D eigenvalue weighted by molar-refractivity contribution is -0.384. The Balaban J connectivity index is 2.09. The molecule has 118 valence electrons. The van der Waals surface area contributed by atoms with Gasteiger partial charge in [0.15, 0.2) is 5.69 Å². The number of nitro benzene ring substituents is 1. The molecular weight excluding hydrogens is 294 g/mol. The Morgan fingerprint density at radius 2 is 2.23 bits per heavy atom. The molecular formula is C13H15N3O6. The fourth-order valence-corrected chi connectivity index (χ4v) is 2.21. The summed E-state index contributed by atoms with van der Waals surface area (Å²) in [6.45, 7) is 0.289. The SMILES string of the molecule is N[C@@H](CCC(=O)O)C(=O)ON1CCc2cccc([N+](=O)[O-])c21. The van der Waals surface area contributed by atoms with E-state index in [1.54, 1.807) is 12.1 Å². The van der Waals surface area contributed by atoms with Crippen LogP contribution in [0.3, 0.4) is 0 Å². The second kappa shape index (κ2) is 6.39. The van der Waals surface area contributed by atoms with Crippen molar-refractivity contribution in [1.29, 1.82) is 0 Å². The fourth-order valence-electron chi connectivity index (χ4n) is 2.21. The number of carbonyl (C=O) groups is 2. The average Bonchev–Trinajstić information content (AvgIpc) is 2.87. The molecule has 22 heavy (non-hydrogen) atoms. The first-order valence-corrected chi connectivity index (χ1v) is 6.63. The van der Waals surface area contributed by atoms with E-state index in [-0.39, 0.29) is 30.8 Å². The minimum atomic E-state index is -1.09. The van der Waals surface area contributed by atoms with Crippen LogP contribution in [0.4, 0.5) is 11.4 Å². The number of fused-ring (bicyclic) bond motifs is 1. The zero-order chi connectivity index (χ0) is 16.3. The molecule has 1 aliphatic rings. The molecule has 9 heteroatoms. The van der Waals surface area contributed by atoms with Crippen molar-refractivity contribution in [2.45, 2.75) is 25.3 Å². The van der Waals surface area contributed by atoms with Crippen LogP contribution in [0.5, 0.6) is 0 Å². The summed E-state index contributed by atoms with van der Waals surface area (Å²) in [5.74, 6) is -1.88. The minimum Gasteiger partial charge on any atom is -0.481 e. The van der Waals surface area contributed by atoms with E-state index < -0.39 is 22.9 Å². The number of nitrogens with two attached hydrogens (primary N) is 1. The number of hydroxylamine groups is 1. The zero-order valence-corrected chi connectivity index (χ0v) is 11.6. The third-order valence-corrected chi connectivity index (χ3v) is 3.30. The quantitative estimate of drug-likeness (QED) is 0.576. The van der Waals surface area contributed by atoms with E-state index in [2.05, 4.69) is 0 Å². The third kappa shape index (κ3) is 3.31. The Bertz CT molecular complexity index is 618. The maximum Gasteiger partial charge on any atom is 0.348 e. The number of aliphatic carboxylic acids is 1. The van der Waals surface area contributed by atoms with E-state index >= 15 is 0 Å². The van der Waals surface area contributed by atoms with Crippen molar-refractivity contribution in [2.75, 3.05) is 11.6 Å². The Morgan fingerprint density at radius 1 is 1.50 bits per heavy atom. The number of hydrogen-bond acceptors (Lipinski definition) is 7. The average molecular weight is 309 g/mol. The minimum absolute atomic E-state index is 0.0637. The van der Waals surface area contributed by atoms with Gasteiger partial charge in [-0.15, -0.1) is 0 Å². The number of nitro groups is 1. The Morgan fingerprint density at radius 3 is 2.86 bits per heavy atom. The molecule has 1 atom stereocenters. The summed E-state index contributed by atoms with van der Waals surface area (Å²) < 4.78 is 0. The molecule has 0 aromatic heterocycles. The van der Waals surface area contributed by atoms with Gasteiger partial charge in [-0.1, -0.05) is 12.1 Å². The number of anilines is 1. The van der Waals surface area contributed by atoms with Gasteiger partial charge >= 0.3 is 11.9 Å². The van der Waals surface area contributed by atoms with Crippen molar-refractivity contribution in [3.8, 4) is 0 Å². The molecule has 9 nitrogen and oxygen atoms in total. The van der Waals surface area contributed by atoms with Crippen molar-refractivity contribution in [3.05, 3.63) is 33.9 Å². The first-order valence-electron chi connectivity index (χ1n) is 6.63. The van der Waals surface area contributed by atoms with Crippen LogP contribution in [-0.4, -0.2) is 34.6 Å². The normalized spacial score (nSPS) is 14.3. The summed E-state index contributed by atoms with van der Waals surface area (Å²) in [5, 5.41) is 20.8. The number of para-hydroxylation sites is 1. The van der Waals surface area contributed by atoms with Crippen LogP contribution >= 0.6 is 0 Å². The van der Waals surface area contributed by atoms with E-state index in [1.807, 2.05) is 0 Å². The smallest absolute Gasteiger partial charge is 0.348 e. The van der Waals surface area contributed by atoms with E-state index in [1.165, 1.54) is 6.07 Å². The van der Waals surface area contributed by atoms with Crippen molar-refractivity contribution < 1.29 is 24.5 Å². The lowest BCUT2D eigenvalue weighted by Crippen LogP contribution is -2.38. The van der Waals surface area contributed by atoms with Gasteiger partial charge in [0.2, 0.25) is 0 Å². The highest BCUT2D eigenvalue weighted by molar-refractivity contribution is 5.79. The summed E-state index contributed by atoms with van der Waals surface area (Å²) in [5.41, 5.74) is 6.36. The number of rotatable bonds is 6. The lowest BCUT2D eigenvalue weighted by atomic mass is 10.1. The molecule has 0 saturated carbocycles. The summed E-state index contributed by atoms with van der Waals surface area (Å²) >= 11 is 0. The maximum atomic E-state index is 11.9. The fraction of sp³-hybridized carbons (Fsp3) is 0.385. The van der Waals surface area contributed by atoms with Crippen LogP contribution in [0.25, 0.3) is 0 Å². The summed E-state index contributed by atoms with van der Waals surface area (Å²) in [6.07, 6.45) is 0.188. The molecule has 0 unspecified atom stereocenters. The number of carboxylic acids is 1. The van der Waals surface area contributed by atoms with Crippen LogP contribution in [-0.2, 0) is 20.8 Å². The Labute approximate surface area is 125 Å². The number of carbonyl (C=O) groups excluding carboxylic acids is 1. The van der Waals surface area contributed by atoms with Crippen LogP contribution in [0.15, 0.2) is 18.2 Å². The van der Waals surface area contributed by atoms with Crippen LogP contribution < -0.4 is 10.8 Å². The molecule has 1 aromatic rings. The van der Waals surface area contributed by atoms with Gasteiger partial charge in [-0.2, -0.15) is 5.06 Å². The molecule has 3 N–H and O–H groups in total. The molecule has 0 saturated heterocycles. The van der Waals surface area contributed by atoms with Crippen molar-refractivity contribution >= 4 is 23.3 Å². The van der Waals surface area contributed by atoms with E-state index in [0.717, 1.165) is 5.06 Å². The van der Waals surface area contributed by atoms with Crippen molar-refractivity contribution in [1.82, 2.24) is 0 Å². The van der Waals surface area contributed by atoms with E-state index in [0.29, 0.717) is 12.0 Å². The van der Waals surface area contributed by atoms with Gasteiger partial charge in [0.25, 0.3) is 5.69 Å². The van der Waals surface area contributed by atoms with Crippen LogP contribution in [0.1, 0.15) is 18.4 Å². The molecule has 0 amide bonds. The van der Waals surface area contributed by atoms with Crippen LogP contribution in [0.2, 0.25) is 0 Å². The second-order valence-electron chi connectivity index (χ2n) is 4.84. The number of hydrogen-bond donors (Lipinski definition) is 2. The molecule has 1 heterocycles. The van der Waals surface area contributed by atoms with Crippen molar-refractivity contribution in [3.63, 3.8) is 0 Å². The van der Waals surface area contributed by atoms with Gasteiger partial charge < -0.3 is 15.7 Å². The van der Waals surface area contributed by atoms with Gasteiger partial charge in [0.05, 0.1) is 11.5 Å². The summed E-state index contributed by atoms with van der Waals surface area (Å²) in [4.78, 5) is 37.9. The first-order chi connectivity index (χ1) is 10.4. The monoisotopic (exact) mass is 309 g/mol. The highest BCUT2D eigenvalue weighted by Gasteiger charge is 2.32. The predicted octanol–water partition coefficient (Wildman–Crippen LogP) is 0.608. The highest BCUT2D eigenvalue weighted by atomic mass is 16.7. The predicted molar refractivity (Wildman–Crippen MR) is 75.1 cm³/mol. The topological polar surface area (TPSA) is 136 Å². The zero-order valence-electron chi connectivity index (χ0n) is 11.6. The van der Waals surface area contributed by atoms with Gasteiger partial charge in [-0.25, -0.2) is 4.79 Å². The lowest BCUT2D eigenvalue weighted by Gasteiger charge is -2.20. The van der Waals surface area contributed by atoms with E-state index in [9.17, 15) is 19.7 Å². The molecule has 0 fully saturated rings. The molecule has 1 aliphatic heterocycles. The Kier molecular flexibility index (Phi) is 4.56. The standard InChI is InChI=1S/C13H15N3O6/c14-9(4-5-11(17)18)13(19)22-15-7-6-8-2-1-3-10(12(8)15)16(20)21/h1-3,9H,4-7,14H2,(H,17,18)/t9-/m0/s1. The Hall–Kier alpha value is -2.68. The van der Waals surface area contributed by atoms with Gasteiger partial charge in [0, 0.05) is 12.5 Å². The first kappa shape index (κ1) is 15.7. The van der Waals surface area contributed by atoms with Gasteiger partial charge in [-0.05, 0) is 18.4 Å². The second-order valence-corrected chi connectivity index (χ2v) is 4.84. The molecule has 0 radical (unpaired) electrons. The van der Waals surface area contributed by atoms with Crippen LogP contribution in [0, 0.1) is 10.1 Å². The molecule has 2 rings (SSSR count). The maximum absolute atomic E-state index is 11.9. The molecule has 1 aromatic carbocycles. The number of benzene rings is 1. The van der Waals surface area contributed by atoms with Gasteiger partial charge in [0.1, 0.15) is 6.04 Å². The number of nitrogens with zero attached hydrogens (tertiary/aromatic N) is 2. The number of carboxylic acid groups (broad SMARTS) is 1. The summed E-state index contributed by atoms with van der Waals surface area (Å²) in [7, 11) is 0. The molecule has 0 spiro atoms. The summed E-state index contributed by atoms with van der Waals surface area (Å²) in [6, 6.07) is 3.53. The van der Waals surface area contributed by atoms with Gasteiger partial charge in [-0.3, -0.25) is 14.9 Å². The molecule has 0 aliphatic carbocycles. The largest absolute Gasteiger partial charge is 0.481 e. The van der Waals surface area contributed by atoms with Crippen molar-refractivity contribution in [2.24, 2.45) is 5.73 Å². The molecule has 0 bridgehead atoms. The van der Waals surface area contributed by atoms with E-state index in [4.69, 9.17) is 15.7 Å². The highest BCUT2D eigenvalue weighted by Crippen LogP contribution is 2.36.